The van der Waals surface area contributed by atoms with E-state index in [1.807, 2.05) is 24.3 Å². The van der Waals surface area contributed by atoms with Crippen LogP contribution in [-0.2, 0) is 24.1 Å². The first kappa shape index (κ1) is 13.6. The number of hydrogen-bond donors (Lipinski definition) is 1. The van der Waals surface area contributed by atoms with Crippen molar-refractivity contribution in [3.8, 4) is 0 Å². The molecule has 0 saturated heterocycles. The zero-order valence-corrected chi connectivity index (χ0v) is 11.3. The number of benzene rings is 1. The van der Waals surface area contributed by atoms with E-state index in [4.69, 9.17) is 21.1 Å². The maximum Gasteiger partial charge on any atom is 0.309 e. The van der Waals surface area contributed by atoms with Crippen molar-refractivity contribution in [1.82, 2.24) is 4.98 Å². The fraction of sp³-hybridized carbons (Fsp3) is 0.286. The Morgan fingerprint density at radius 3 is 2.63 bits per heavy atom. The lowest BCUT2D eigenvalue weighted by atomic mass is 10.1. The zero-order chi connectivity index (χ0) is 13.8. The van der Waals surface area contributed by atoms with Crippen LogP contribution in [0.1, 0.15) is 22.9 Å². The van der Waals surface area contributed by atoms with Crippen LogP contribution in [0.25, 0.3) is 0 Å². The van der Waals surface area contributed by atoms with Gasteiger partial charge in [0.05, 0.1) is 12.1 Å². The minimum atomic E-state index is -0.902. The normalized spacial score (nSPS) is 10.6. The number of hydrogen-bond acceptors (Lipinski definition) is 3. The van der Waals surface area contributed by atoms with Crippen molar-refractivity contribution >= 4 is 17.6 Å². The molecule has 5 heteroatoms. The molecule has 0 saturated carbocycles. The first-order valence-corrected chi connectivity index (χ1v) is 6.34. The number of aryl methyl sites for hydroxylation is 3. The fourth-order valence-electron chi connectivity index (χ4n) is 1.80. The number of carbonyl (C=O) groups is 1. The molecule has 4 nitrogen and oxygen atoms in total. The Hall–Kier alpha value is -1.81. The number of halogens is 1. The van der Waals surface area contributed by atoms with E-state index in [-0.39, 0.29) is 6.42 Å². The van der Waals surface area contributed by atoms with E-state index >= 15 is 0 Å². The van der Waals surface area contributed by atoms with Gasteiger partial charge in [-0.05, 0) is 31.0 Å². The van der Waals surface area contributed by atoms with Gasteiger partial charge >= 0.3 is 5.97 Å². The number of nitrogens with zero attached hydrogens (tertiary/aromatic N) is 1. The van der Waals surface area contributed by atoms with Crippen LogP contribution in [0.4, 0.5) is 0 Å². The molecule has 0 aliphatic carbocycles. The summed E-state index contributed by atoms with van der Waals surface area (Å²) in [5.74, 6) is 0.248. The smallest absolute Gasteiger partial charge is 0.309 e. The number of carboxylic acids is 1. The van der Waals surface area contributed by atoms with Gasteiger partial charge in [-0.1, -0.05) is 23.7 Å². The third-order valence-corrected chi connectivity index (χ3v) is 3.05. The summed E-state index contributed by atoms with van der Waals surface area (Å²) in [5.41, 5.74) is 1.64. The highest BCUT2D eigenvalue weighted by atomic mass is 35.5. The van der Waals surface area contributed by atoms with Crippen LogP contribution in [0.15, 0.2) is 28.7 Å². The highest BCUT2D eigenvalue weighted by molar-refractivity contribution is 6.30. The van der Waals surface area contributed by atoms with Crippen molar-refractivity contribution in [3.63, 3.8) is 0 Å². The van der Waals surface area contributed by atoms with Crippen molar-refractivity contribution in [2.75, 3.05) is 0 Å². The number of aromatic nitrogens is 1. The molecule has 0 spiro atoms. The van der Waals surface area contributed by atoms with Gasteiger partial charge in [-0.3, -0.25) is 4.79 Å². The van der Waals surface area contributed by atoms with Crippen LogP contribution in [0.2, 0.25) is 5.02 Å². The number of carboxylic acid groups (broad SMARTS) is 1. The second kappa shape index (κ2) is 5.89. The molecule has 2 aromatic rings. The summed E-state index contributed by atoms with van der Waals surface area (Å²) < 4.78 is 5.46. The van der Waals surface area contributed by atoms with Gasteiger partial charge in [0.15, 0.2) is 5.89 Å². The molecule has 0 bridgehead atoms. The topological polar surface area (TPSA) is 63.3 Å². The predicted molar refractivity (Wildman–Crippen MR) is 71.4 cm³/mol. The van der Waals surface area contributed by atoms with Crippen LogP contribution < -0.4 is 0 Å². The summed E-state index contributed by atoms with van der Waals surface area (Å²) in [6.45, 7) is 1.73. The SMILES string of the molecule is Cc1oc(CCc2ccc(Cl)cc2)nc1CC(=O)O. The van der Waals surface area contributed by atoms with Gasteiger partial charge < -0.3 is 9.52 Å². The van der Waals surface area contributed by atoms with Crippen LogP contribution >= 0.6 is 11.6 Å². The largest absolute Gasteiger partial charge is 0.481 e. The highest BCUT2D eigenvalue weighted by Gasteiger charge is 2.12. The van der Waals surface area contributed by atoms with Gasteiger partial charge in [0, 0.05) is 11.4 Å². The summed E-state index contributed by atoms with van der Waals surface area (Å²) in [4.78, 5) is 14.9. The lowest BCUT2D eigenvalue weighted by Crippen LogP contribution is -2.02. The molecule has 1 heterocycles. The average Bonchev–Trinajstić information content (AvgIpc) is 2.69. The van der Waals surface area contributed by atoms with Crippen molar-refractivity contribution in [3.05, 3.63) is 52.2 Å². The highest BCUT2D eigenvalue weighted by Crippen LogP contribution is 2.15. The van der Waals surface area contributed by atoms with Gasteiger partial charge in [-0.15, -0.1) is 0 Å². The van der Waals surface area contributed by atoms with Gasteiger partial charge in [-0.2, -0.15) is 0 Å². The second-order valence-electron chi connectivity index (χ2n) is 4.31. The molecule has 0 fully saturated rings. The van der Waals surface area contributed by atoms with E-state index in [9.17, 15) is 4.79 Å². The summed E-state index contributed by atoms with van der Waals surface area (Å²) >= 11 is 5.81. The monoisotopic (exact) mass is 279 g/mol. The Labute approximate surface area is 116 Å². The first-order chi connectivity index (χ1) is 9.04. The summed E-state index contributed by atoms with van der Waals surface area (Å²) in [7, 11) is 0. The minimum Gasteiger partial charge on any atom is -0.481 e. The van der Waals surface area contributed by atoms with Crippen LogP contribution in [0, 0.1) is 6.92 Å². The Balaban J connectivity index is 1.99. The molecule has 100 valence electrons. The van der Waals surface area contributed by atoms with Gasteiger partial charge in [-0.25, -0.2) is 4.98 Å². The molecular formula is C14H14ClNO3. The van der Waals surface area contributed by atoms with Crippen molar-refractivity contribution in [2.24, 2.45) is 0 Å². The average molecular weight is 280 g/mol. The molecular weight excluding hydrogens is 266 g/mol. The first-order valence-electron chi connectivity index (χ1n) is 5.96. The second-order valence-corrected chi connectivity index (χ2v) is 4.74. The predicted octanol–water partition coefficient (Wildman–Crippen LogP) is 3.05. The number of aliphatic carboxylic acids is 1. The molecule has 0 amide bonds. The quantitative estimate of drug-likeness (QED) is 0.914. The van der Waals surface area contributed by atoms with E-state index in [0.29, 0.717) is 28.8 Å². The van der Waals surface area contributed by atoms with Crippen LogP contribution in [-0.4, -0.2) is 16.1 Å². The van der Waals surface area contributed by atoms with Gasteiger partial charge in [0.2, 0.25) is 0 Å². The van der Waals surface area contributed by atoms with Crippen molar-refractivity contribution in [2.45, 2.75) is 26.2 Å². The number of rotatable bonds is 5. The molecule has 0 atom stereocenters. The summed E-state index contributed by atoms with van der Waals surface area (Å²) in [6, 6.07) is 7.59. The summed E-state index contributed by atoms with van der Waals surface area (Å²) in [6.07, 6.45) is 1.32. The minimum absolute atomic E-state index is 0.101. The molecule has 0 aliphatic rings. The Bertz CT molecular complexity index is 575. The molecule has 0 aliphatic heterocycles. The van der Waals surface area contributed by atoms with Crippen molar-refractivity contribution < 1.29 is 14.3 Å². The molecule has 2 rings (SSSR count). The van der Waals surface area contributed by atoms with E-state index in [2.05, 4.69) is 4.98 Å². The standard InChI is InChI=1S/C14H14ClNO3/c1-9-12(8-14(17)18)16-13(19-9)7-4-10-2-5-11(15)6-3-10/h2-3,5-6H,4,7-8H2,1H3,(H,17,18). The van der Waals surface area contributed by atoms with E-state index in [1.54, 1.807) is 6.92 Å². The van der Waals surface area contributed by atoms with Gasteiger partial charge in [0.1, 0.15) is 5.76 Å². The third kappa shape index (κ3) is 3.83. The lowest BCUT2D eigenvalue weighted by molar-refractivity contribution is -0.136. The van der Waals surface area contributed by atoms with E-state index in [1.165, 1.54) is 0 Å². The molecule has 1 aromatic heterocycles. The molecule has 0 radical (unpaired) electrons. The Morgan fingerprint density at radius 2 is 2.00 bits per heavy atom. The van der Waals surface area contributed by atoms with Crippen LogP contribution in [0.3, 0.4) is 0 Å². The maximum absolute atomic E-state index is 10.6. The Morgan fingerprint density at radius 1 is 1.32 bits per heavy atom. The summed E-state index contributed by atoms with van der Waals surface area (Å²) in [5, 5.41) is 9.45. The molecule has 1 aromatic carbocycles. The molecule has 19 heavy (non-hydrogen) atoms. The van der Waals surface area contributed by atoms with Crippen LogP contribution in [0.5, 0.6) is 0 Å². The fourth-order valence-corrected chi connectivity index (χ4v) is 1.93. The van der Waals surface area contributed by atoms with E-state index < -0.39 is 5.97 Å². The lowest BCUT2D eigenvalue weighted by Gasteiger charge is -1.98. The molecule has 0 unspecified atom stereocenters. The van der Waals surface area contributed by atoms with Gasteiger partial charge in [0.25, 0.3) is 0 Å². The number of oxazole rings is 1. The van der Waals surface area contributed by atoms with Crippen molar-refractivity contribution in [1.29, 1.82) is 0 Å². The molecule has 1 N–H and O–H groups in total. The third-order valence-electron chi connectivity index (χ3n) is 2.80. The Kier molecular flexibility index (Phi) is 4.22. The maximum atomic E-state index is 10.6. The zero-order valence-electron chi connectivity index (χ0n) is 10.5. The van der Waals surface area contributed by atoms with E-state index in [0.717, 1.165) is 12.0 Å².